The van der Waals surface area contributed by atoms with Gasteiger partial charge in [0.25, 0.3) is 0 Å². The Morgan fingerprint density at radius 3 is 2.30 bits per heavy atom. The minimum atomic E-state index is -0.785. The lowest BCUT2D eigenvalue weighted by atomic mass is 9.66. The van der Waals surface area contributed by atoms with Gasteiger partial charge < -0.3 is 14.2 Å². The molecule has 3 nitrogen and oxygen atoms in total. The van der Waals surface area contributed by atoms with E-state index >= 15 is 0 Å². The average molecular weight is 272 g/mol. The van der Waals surface area contributed by atoms with Crippen LogP contribution < -0.4 is 0 Å². The average Bonchev–Trinajstić information content (AvgIpc) is 3.37. The van der Waals surface area contributed by atoms with Crippen LogP contribution in [0.3, 0.4) is 0 Å². The van der Waals surface area contributed by atoms with Gasteiger partial charge >= 0.3 is 0 Å². The van der Waals surface area contributed by atoms with E-state index in [0.717, 1.165) is 18.4 Å². The molecule has 3 aliphatic rings. The molecule has 0 radical (unpaired) electrons. The van der Waals surface area contributed by atoms with Crippen LogP contribution >= 0.6 is 0 Å². The Labute approximate surface area is 119 Å². The fourth-order valence-electron chi connectivity index (χ4n) is 4.38. The first-order chi connectivity index (χ1) is 9.71. The number of epoxide rings is 1. The second-order valence-corrected chi connectivity index (χ2v) is 5.97. The van der Waals surface area contributed by atoms with Gasteiger partial charge in [0, 0.05) is 25.2 Å². The topological polar surface area (TPSA) is 31.0 Å². The van der Waals surface area contributed by atoms with Gasteiger partial charge in [0.05, 0.1) is 6.61 Å². The summed E-state index contributed by atoms with van der Waals surface area (Å²) in [6, 6.07) is 8.62. The Morgan fingerprint density at radius 2 is 1.80 bits per heavy atom. The van der Waals surface area contributed by atoms with Crippen LogP contribution in [-0.2, 0) is 19.6 Å². The summed E-state index contributed by atoms with van der Waals surface area (Å²) in [4.78, 5) is 0. The summed E-state index contributed by atoms with van der Waals surface area (Å²) in [5.74, 6) is -0.785. The molecule has 1 aromatic rings. The highest BCUT2D eigenvalue weighted by molar-refractivity contribution is 5.81. The van der Waals surface area contributed by atoms with E-state index in [-0.39, 0.29) is 11.0 Å². The smallest absolute Gasteiger partial charge is 0.228 e. The van der Waals surface area contributed by atoms with Gasteiger partial charge in [-0.3, -0.25) is 0 Å². The molecule has 0 bridgehead atoms. The predicted octanol–water partition coefficient (Wildman–Crippen LogP) is 2.89. The molecule has 2 spiro atoms. The summed E-state index contributed by atoms with van der Waals surface area (Å²) in [5.41, 5.74) is 3.46. The maximum atomic E-state index is 6.01. The molecule has 1 aromatic carbocycles. The first kappa shape index (κ1) is 12.6. The number of hydrogen-bond donors (Lipinski definition) is 0. The van der Waals surface area contributed by atoms with E-state index in [1.165, 1.54) is 11.1 Å². The highest BCUT2D eigenvalue weighted by atomic mass is 16.7. The Kier molecular flexibility index (Phi) is 2.34. The van der Waals surface area contributed by atoms with E-state index in [2.05, 4.69) is 30.3 Å². The summed E-state index contributed by atoms with van der Waals surface area (Å²) in [7, 11) is 3.45. The van der Waals surface area contributed by atoms with Crippen molar-refractivity contribution in [1.29, 1.82) is 0 Å². The molecule has 106 valence electrons. The van der Waals surface area contributed by atoms with Crippen LogP contribution in [0.1, 0.15) is 30.9 Å². The maximum Gasteiger partial charge on any atom is 0.228 e. The third kappa shape index (κ3) is 1.10. The second-order valence-electron chi connectivity index (χ2n) is 5.97. The van der Waals surface area contributed by atoms with Crippen molar-refractivity contribution in [3.05, 3.63) is 41.5 Å². The fraction of sp³-hybridized carbons (Fsp3) is 0.529. The van der Waals surface area contributed by atoms with Crippen LogP contribution in [0.15, 0.2) is 30.3 Å². The Balaban J connectivity index is 2.05. The summed E-state index contributed by atoms with van der Waals surface area (Å²) in [6.07, 6.45) is 4.40. The molecule has 2 aliphatic carbocycles. The number of rotatable bonds is 2. The van der Waals surface area contributed by atoms with Crippen molar-refractivity contribution in [2.45, 2.75) is 36.6 Å². The molecule has 1 saturated heterocycles. The van der Waals surface area contributed by atoms with E-state index in [1.54, 1.807) is 14.2 Å². The highest BCUT2D eigenvalue weighted by Crippen LogP contribution is 2.72. The molecule has 1 unspecified atom stereocenters. The van der Waals surface area contributed by atoms with Crippen molar-refractivity contribution in [3.8, 4) is 0 Å². The van der Waals surface area contributed by atoms with Crippen LogP contribution in [-0.4, -0.2) is 32.2 Å². The van der Waals surface area contributed by atoms with Gasteiger partial charge in [0.2, 0.25) is 5.79 Å². The molecule has 0 amide bonds. The minimum absolute atomic E-state index is 0.0716. The summed E-state index contributed by atoms with van der Waals surface area (Å²) >= 11 is 0. The molecule has 4 rings (SSSR count). The molecule has 1 atom stereocenters. The molecule has 1 heterocycles. The number of benzene rings is 1. The molecule has 1 aliphatic heterocycles. The van der Waals surface area contributed by atoms with Gasteiger partial charge in [-0.25, -0.2) is 0 Å². The Bertz CT molecular complexity index is 590. The van der Waals surface area contributed by atoms with Crippen molar-refractivity contribution in [3.63, 3.8) is 0 Å². The van der Waals surface area contributed by atoms with Gasteiger partial charge in [-0.15, -0.1) is 0 Å². The lowest BCUT2D eigenvalue weighted by Gasteiger charge is -2.47. The van der Waals surface area contributed by atoms with Gasteiger partial charge in [-0.1, -0.05) is 30.3 Å². The van der Waals surface area contributed by atoms with E-state index in [1.807, 2.05) is 6.92 Å². The van der Waals surface area contributed by atoms with Gasteiger partial charge in [0.1, 0.15) is 0 Å². The fourth-order valence-corrected chi connectivity index (χ4v) is 4.38. The van der Waals surface area contributed by atoms with Gasteiger partial charge in [0.15, 0.2) is 5.60 Å². The zero-order valence-electron chi connectivity index (χ0n) is 12.2. The lowest BCUT2D eigenvalue weighted by Crippen LogP contribution is -2.59. The van der Waals surface area contributed by atoms with Crippen molar-refractivity contribution in [1.82, 2.24) is 0 Å². The maximum absolute atomic E-state index is 6.01. The molecule has 3 heteroatoms. The monoisotopic (exact) mass is 272 g/mol. The van der Waals surface area contributed by atoms with Crippen LogP contribution in [0.4, 0.5) is 0 Å². The Hall–Kier alpha value is -1.16. The largest absolute Gasteiger partial charge is 0.362 e. The SMILES string of the molecule is C/C=C1\c2ccccc2C2(CC2)C2(CO2)C1(OC)OC. The standard InChI is InChI=1S/C17H20O3/c1-4-13-12-7-5-6-8-14(12)15(9-10-15)16(11-20-16)17(13,18-2)19-3/h4-8H,9-11H2,1-3H3/b13-4+. The van der Waals surface area contributed by atoms with Crippen molar-refractivity contribution in [2.75, 3.05) is 20.8 Å². The van der Waals surface area contributed by atoms with Crippen molar-refractivity contribution < 1.29 is 14.2 Å². The van der Waals surface area contributed by atoms with Crippen LogP contribution in [0, 0.1) is 0 Å². The zero-order valence-corrected chi connectivity index (χ0v) is 12.2. The molecule has 0 aromatic heterocycles. The lowest BCUT2D eigenvalue weighted by molar-refractivity contribution is -0.213. The van der Waals surface area contributed by atoms with Crippen molar-refractivity contribution >= 4 is 5.57 Å². The molecule has 20 heavy (non-hydrogen) atoms. The van der Waals surface area contributed by atoms with Crippen LogP contribution in [0.25, 0.3) is 5.57 Å². The first-order valence-corrected chi connectivity index (χ1v) is 7.22. The quantitative estimate of drug-likeness (QED) is 0.612. The second kappa shape index (κ2) is 3.73. The highest BCUT2D eigenvalue weighted by Gasteiger charge is 2.81. The number of ether oxygens (including phenoxy) is 3. The summed E-state index contributed by atoms with van der Waals surface area (Å²) in [6.45, 7) is 2.75. The molecule has 2 fully saturated rings. The van der Waals surface area contributed by atoms with Crippen LogP contribution in [0.2, 0.25) is 0 Å². The van der Waals surface area contributed by atoms with Gasteiger partial charge in [-0.2, -0.15) is 0 Å². The van der Waals surface area contributed by atoms with Crippen molar-refractivity contribution in [2.24, 2.45) is 0 Å². The molecule has 0 N–H and O–H groups in total. The van der Waals surface area contributed by atoms with Gasteiger partial charge in [-0.05, 0) is 30.9 Å². The molecule has 1 saturated carbocycles. The number of allylic oxidation sites excluding steroid dienone is 1. The van der Waals surface area contributed by atoms with E-state index in [0.29, 0.717) is 6.61 Å². The number of hydrogen-bond acceptors (Lipinski definition) is 3. The summed E-state index contributed by atoms with van der Waals surface area (Å²) < 4.78 is 17.9. The normalized spacial score (nSPS) is 33.5. The third-order valence-corrected chi connectivity index (χ3v) is 5.44. The number of fused-ring (bicyclic) bond motifs is 3. The number of methoxy groups -OCH3 is 2. The summed E-state index contributed by atoms with van der Waals surface area (Å²) in [5, 5.41) is 0. The predicted molar refractivity (Wildman–Crippen MR) is 76.4 cm³/mol. The van der Waals surface area contributed by atoms with E-state index in [4.69, 9.17) is 14.2 Å². The Morgan fingerprint density at radius 1 is 1.15 bits per heavy atom. The molecular weight excluding hydrogens is 252 g/mol. The third-order valence-electron chi connectivity index (χ3n) is 5.44. The van der Waals surface area contributed by atoms with E-state index < -0.39 is 5.79 Å². The van der Waals surface area contributed by atoms with E-state index in [9.17, 15) is 0 Å². The first-order valence-electron chi connectivity index (χ1n) is 7.22. The van der Waals surface area contributed by atoms with Crippen LogP contribution in [0.5, 0.6) is 0 Å². The zero-order chi connectivity index (χ0) is 14.0. The minimum Gasteiger partial charge on any atom is -0.362 e. The molecular formula is C17H20O3.